The first-order valence-electron chi connectivity index (χ1n) is 5.65. The Labute approximate surface area is 129 Å². The fourth-order valence-corrected chi connectivity index (χ4v) is 4.24. The van der Waals surface area contributed by atoms with Crippen molar-refractivity contribution in [2.75, 3.05) is 0 Å². The second-order valence-electron chi connectivity index (χ2n) is 4.08. The van der Waals surface area contributed by atoms with Crippen molar-refractivity contribution in [3.05, 3.63) is 50.1 Å². The maximum Gasteiger partial charge on any atom is 0.300 e. The van der Waals surface area contributed by atoms with Crippen LogP contribution in [0.2, 0.25) is 4.34 Å². The Morgan fingerprint density at radius 3 is 2.76 bits per heavy atom. The normalized spacial score (nSPS) is 11.5. The number of halogens is 1. The van der Waals surface area contributed by atoms with Crippen LogP contribution in [-0.4, -0.2) is 18.3 Å². The molecule has 0 bridgehead atoms. The number of pyridine rings is 1. The molecule has 0 amide bonds. The summed E-state index contributed by atoms with van der Waals surface area (Å²) in [6, 6.07) is 6.18. The van der Waals surface area contributed by atoms with Gasteiger partial charge in [-0.1, -0.05) is 17.7 Å². The van der Waals surface area contributed by atoms with Crippen LogP contribution >= 0.6 is 22.9 Å². The molecule has 21 heavy (non-hydrogen) atoms. The highest BCUT2D eigenvalue weighted by molar-refractivity contribution is 7.91. The van der Waals surface area contributed by atoms with Gasteiger partial charge < -0.3 is 0 Å². The number of nitro groups is 1. The zero-order valence-electron chi connectivity index (χ0n) is 10.7. The first-order chi connectivity index (χ1) is 9.79. The molecule has 1 N–H and O–H groups in total. The van der Waals surface area contributed by atoms with Crippen LogP contribution in [-0.2, 0) is 16.6 Å². The zero-order chi connectivity index (χ0) is 15.6. The summed E-state index contributed by atoms with van der Waals surface area (Å²) in [6.07, 6.45) is 0. The average Bonchev–Trinajstić information content (AvgIpc) is 2.80. The van der Waals surface area contributed by atoms with Crippen molar-refractivity contribution in [3.63, 3.8) is 0 Å². The largest absolute Gasteiger partial charge is 0.300 e. The lowest BCUT2D eigenvalue weighted by Gasteiger charge is -2.04. The van der Waals surface area contributed by atoms with Gasteiger partial charge in [0.25, 0.3) is 15.7 Å². The van der Waals surface area contributed by atoms with Crippen molar-refractivity contribution in [1.82, 2.24) is 9.71 Å². The zero-order valence-corrected chi connectivity index (χ0v) is 13.1. The number of thiophene rings is 1. The summed E-state index contributed by atoms with van der Waals surface area (Å²) in [6.45, 7) is 1.79. The van der Waals surface area contributed by atoms with Gasteiger partial charge in [-0.05, 0) is 19.1 Å². The molecule has 0 aliphatic carbocycles. The van der Waals surface area contributed by atoms with Crippen LogP contribution < -0.4 is 4.72 Å². The third kappa shape index (κ3) is 3.76. The van der Waals surface area contributed by atoms with Gasteiger partial charge in [0.1, 0.15) is 4.21 Å². The Bertz CT molecular complexity index is 789. The predicted octanol–water partition coefficient (Wildman–Crippen LogP) is 2.49. The highest BCUT2D eigenvalue weighted by Gasteiger charge is 2.25. The maximum absolute atomic E-state index is 12.1. The van der Waals surface area contributed by atoms with Gasteiger partial charge in [-0.15, -0.1) is 11.3 Å². The second kappa shape index (κ2) is 6.06. The van der Waals surface area contributed by atoms with Crippen LogP contribution in [0.5, 0.6) is 0 Å². The Morgan fingerprint density at radius 2 is 2.19 bits per heavy atom. The first-order valence-corrected chi connectivity index (χ1v) is 8.33. The van der Waals surface area contributed by atoms with Crippen LogP contribution in [0.15, 0.2) is 28.5 Å². The van der Waals surface area contributed by atoms with Gasteiger partial charge in [-0.25, -0.2) is 13.1 Å². The van der Waals surface area contributed by atoms with Gasteiger partial charge in [0, 0.05) is 11.8 Å². The number of sulfonamides is 1. The Morgan fingerprint density at radius 1 is 1.48 bits per heavy atom. The number of aromatic nitrogens is 1. The van der Waals surface area contributed by atoms with Gasteiger partial charge in [-0.2, -0.15) is 0 Å². The van der Waals surface area contributed by atoms with Crippen LogP contribution in [0.1, 0.15) is 11.4 Å². The molecule has 0 unspecified atom stereocenters. The molecule has 0 atom stereocenters. The molecular weight excluding hydrogens is 338 g/mol. The lowest BCUT2D eigenvalue weighted by atomic mass is 10.3. The van der Waals surface area contributed by atoms with Gasteiger partial charge in [0.05, 0.1) is 17.2 Å². The number of nitrogens with zero attached hydrogens (tertiary/aromatic N) is 2. The average molecular weight is 348 g/mol. The molecule has 0 fully saturated rings. The quantitative estimate of drug-likeness (QED) is 0.661. The topological polar surface area (TPSA) is 102 Å². The van der Waals surface area contributed by atoms with E-state index < -0.39 is 20.6 Å². The molecule has 0 aliphatic rings. The summed E-state index contributed by atoms with van der Waals surface area (Å²) >= 11 is 6.30. The van der Waals surface area contributed by atoms with E-state index in [1.165, 1.54) is 0 Å². The fourth-order valence-electron chi connectivity index (χ4n) is 1.53. The van der Waals surface area contributed by atoms with E-state index in [1.54, 1.807) is 25.1 Å². The minimum atomic E-state index is -3.87. The van der Waals surface area contributed by atoms with Gasteiger partial charge in [-0.3, -0.25) is 15.1 Å². The number of aryl methyl sites for hydroxylation is 1. The monoisotopic (exact) mass is 347 g/mol. The van der Waals surface area contributed by atoms with E-state index in [0.29, 0.717) is 17.0 Å². The van der Waals surface area contributed by atoms with Gasteiger partial charge in [0.2, 0.25) is 0 Å². The van der Waals surface area contributed by atoms with Crippen molar-refractivity contribution < 1.29 is 13.3 Å². The van der Waals surface area contributed by atoms with Crippen LogP contribution in [0.25, 0.3) is 0 Å². The number of hydrogen-bond acceptors (Lipinski definition) is 6. The maximum atomic E-state index is 12.1. The molecule has 0 aliphatic heterocycles. The highest BCUT2D eigenvalue weighted by Crippen LogP contribution is 2.36. The van der Waals surface area contributed by atoms with Crippen LogP contribution in [0, 0.1) is 17.0 Å². The van der Waals surface area contributed by atoms with Crippen LogP contribution in [0.4, 0.5) is 5.69 Å². The van der Waals surface area contributed by atoms with E-state index >= 15 is 0 Å². The van der Waals surface area contributed by atoms with Crippen molar-refractivity contribution in [2.45, 2.75) is 17.7 Å². The Balaban J connectivity index is 2.19. The highest BCUT2D eigenvalue weighted by atomic mass is 35.5. The molecule has 0 spiro atoms. The molecule has 2 aromatic rings. The molecule has 112 valence electrons. The molecule has 2 aromatic heterocycles. The number of nitrogens with one attached hydrogen (secondary N) is 1. The number of hydrogen-bond donors (Lipinski definition) is 1. The minimum Gasteiger partial charge on any atom is -0.258 e. The summed E-state index contributed by atoms with van der Waals surface area (Å²) in [7, 11) is -3.87. The third-order valence-electron chi connectivity index (χ3n) is 2.50. The molecule has 0 saturated carbocycles. The van der Waals surface area contributed by atoms with E-state index in [1.807, 2.05) is 0 Å². The van der Waals surface area contributed by atoms with Gasteiger partial charge >= 0.3 is 0 Å². The summed E-state index contributed by atoms with van der Waals surface area (Å²) in [4.78, 5) is 14.1. The Hall–Kier alpha value is -1.55. The molecule has 2 rings (SSSR count). The summed E-state index contributed by atoms with van der Waals surface area (Å²) in [5.41, 5.74) is 0.896. The third-order valence-corrected chi connectivity index (χ3v) is 5.71. The van der Waals surface area contributed by atoms with Crippen molar-refractivity contribution >= 4 is 38.6 Å². The van der Waals surface area contributed by atoms with E-state index in [0.717, 1.165) is 11.8 Å². The van der Waals surface area contributed by atoms with E-state index in [4.69, 9.17) is 11.6 Å². The molecule has 10 heteroatoms. The predicted molar refractivity (Wildman–Crippen MR) is 79.0 cm³/mol. The molecule has 0 saturated heterocycles. The van der Waals surface area contributed by atoms with E-state index in [2.05, 4.69) is 9.71 Å². The van der Waals surface area contributed by atoms with Crippen LogP contribution in [0.3, 0.4) is 0 Å². The molecule has 0 aromatic carbocycles. The summed E-state index contributed by atoms with van der Waals surface area (Å²) in [5.74, 6) is 0. The molecular formula is C11H10ClN3O4S2. The minimum absolute atomic E-state index is 0.00662. The Kier molecular flexibility index (Phi) is 4.57. The smallest absolute Gasteiger partial charge is 0.258 e. The summed E-state index contributed by atoms with van der Waals surface area (Å²) < 4.78 is 26.1. The lowest BCUT2D eigenvalue weighted by molar-refractivity contribution is -0.384. The fraction of sp³-hybridized carbons (Fsp3) is 0.182. The second-order valence-corrected chi connectivity index (χ2v) is 7.72. The molecule has 2 heterocycles. The summed E-state index contributed by atoms with van der Waals surface area (Å²) in [5, 5.41) is 10.7. The van der Waals surface area contributed by atoms with Crippen molar-refractivity contribution in [1.29, 1.82) is 0 Å². The first kappa shape index (κ1) is 15.8. The number of rotatable bonds is 5. The molecule has 7 nitrogen and oxygen atoms in total. The molecule has 0 radical (unpaired) electrons. The van der Waals surface area contributed by atoms with Crippen molar-refractivity contribution in [3.8, 4) is 0 Å². The lowest BCUT2D eigenvalue weighted by Crippen LogP contribution is -2.23. The van der Waals surface area contributed by atoms with E-state index in [-0.39, 0.29) is 15.1 Å². The SMILES string of the molecule is Cc1cccc(CNS(=O)(=O)c2cc([N+](=O)[O-])c(Cl)s2)n1. The van der Waals surface area contributed by atoms with Crippen molar-refractivity contribution in [2.24, 2.45) is 0 Å². The van der Waals surface area contributed by atoms with Gasteiger partial charge in [0.15, 0.2) is 4.34 Å². The standard InChI is InChI=1S/C11H10ClN3O4S2/c1-7-3-2-4-8(14-7)6-13-21(18,19)10-5-9(15(16)17)11(12)20-10/h2-5,13H,6H2,1H3. The van der Waals surface area contributed by atoms with E-state index in [9.17, 15) is 18.5 Å².